The summed E-state index contributed by atoms with van der Waals surface area (Å²) in [7, 11) is 1.55. The van der Waals surface area contributed by atoms with E-state index in [-0.39, 0.29) is 6.54 Å². The summed E-state index contributed by atoms with van der Waals surface area (Å²) in [5.74, 6) is 0. The minimum absolute atomic E-state index is 0.0976. The Balaban J connectivity index is 1.89. The van der Waals surface area contributed by atoms with E-state index in [1.54, 1.807) is 38.3 Å². The monoisotopic (exact) mass is 337 g/mol. The van der Waals surface area contributed by atoms with Crippen molar-refractivity contribution in [1.82, 2.24) is 5.32 Å². The maximum Gasteiger partial charge on any atom is 0.414 e. The van der Waals surface area contributed by atoms with Crippen molar-refractivity contribution in [2.24, 2.45) is 0 Å². The van der Waals surface area contributed by atoms with E-state index in [0.717, 1.165) is 0 Å². The summed E-state index contributed by atoms with van der Waals surface area (Å²) in [4.78, 5) is 25.0. The molecular weight excluding hydrogens is 314 g/mol. The Morgan fingerprint density at radius 1 is 1.50 bits per heavy atom. The number of rotatable bonds is 7. The van der Waals surface area contributed by atoms with Gasteiger partial charge in [-0.1, -0.05) is 6.07 Å². The highest BCUT2D eigenvalue weighted by Crippen LogP contribution is 2.22. The van der Waals surface area contributed by atoms with Crippen molar-refractivity contribution in [3.8, 4) is 0 Å². The summed E-state index contributed by atoms with van der Waals surface area (Å²) in [6, 6.07) is 6.48. The standard InChI is InChI=1S/C16H23N3O5/c1-16(22,6-8-23-2)11-17-14(20)18-12-4-3-5-13(10-12)19-7-9-24-15(19)21/h3-5,10,22H,6-9,11H2,1-2H3,(H2,17,18,20)/t16-/m0/s1. The van der Waals surface area contributed by atoms with Gasteiger partial charge >= 0.3 is 12.1 Å². The predicted octanol–water partition coefficient (Wildman–Crippen LogP) is 1.55. The topological polar surface area (TPSA) is 100 Å². The third kappa shape index (κ3) is 5.10. The van der Waals surface area contributed by atoms with Crippen LogP contribution in [0.1, 0.15) is 13.3 Å². The molecule has 0 bridgehead atoms. The first kappa shape index (κ1) is 18.0. The highest BCUT2D eigenvalue weighted by molar-refractivity contribution is 5.93. The first-order valence-electron chi connectivity index (χ1n) is 7.72. The molecule has 24 heavy (non-hydrogen) atoms. The van der Waals surface area contributed by atoms with Crippen LogP contribution in [0.25, 0.3) is 0 Å². The fourth-order valence-corrected chi connectivity index (χ4v) is 2.24. The molecular formula is C16H23N3O5. The number of aliphatic hydroxyl groups is 1. The van der Waals surface area contributed by atoms with E-state index in [2.05, 4.69) is 10.6 Å². The molecule has 0 radical (unpaired) electrons. The summed E-state index contributed by atoms with van der Waals surface area (Å²) in [6.07, 6.45) is 0.0156. The number of cyclic esters (lactones) is 1. The Labute approximate surface area is 140 Å². The normalized spacial score (nSPS) is 16.5. The van der Waals surface area contributed by atoms with Gasteiger partial charge in [0.2, 0.25) is 0 Å². The zero-order valence-electron chi connectivity index (χ0n) is 13.9. The maximum absolute atomic E-state index is 12.0. The quantitative estimate of drug-likeness (QED) is 0.701. The molecule has 2 rings (SSSR count). The predicted molar refractivity (Wildman–Crippen MR) is 89.3 cm³/mol. The summed E-state index contributed by atoms with van der Waals surface area (Å²) in [6.45, 7) is 2.97. The average molecular weight is 337 g/mol. The first-order valence-corrected chi connectivity index (χ1v) is 7.72. The van der Waals surface area contributed by atoms with E-state index in [1.165, 1.54) is 4.90 Å². The molecule has 0 aromatic heterocycles. The lowest BCUT2D eigenvalue weighted by Crippen LogP contribution is -2.43. The zero-order chi connectivity index (χ0) is 17.6. The fraction of sp³-hybridized carbons (Fsp3) is 0.500. The maximum atomic E-state index is 12.0. The molecule has 0 unspecified atom stereocenters. The minimum Gasteiger partial charge on any atom is -0.447 e. The van der Waals surface area contributed by atoms with E-state index in [0.29, 0.717) is 37.6 Å². The number of urea groups is 1. The van der Waals surface area contributed by atoms with Crippen molar-refractivity contribution < 1.29 is 24.2 Å². The van der Waals surface area contributed by atoms with Gasteiger partial charge in [-0.25, -0.2) is 9.59 Å². The van der Waals surface area contributed by atoms with E-state index in [9.17, 15) is 14.7 Å². The van der Waals surface area contributed by atoms with E-state index in [4.69, 9.17) is 9.47 Å². The number of amides is 3. The van der Waals surface area contributed by atoms with E-state index in [1.807, 2.05) is 0 Å². The van der Waals surface area contributed by atoms with Gasteiger partial charge in [-0.15, -0.1) is 0 Å². The van der Waals surface area contributed by atoms with Crippen LogP contribution in [-0.2, 0) is 9.47 Å². The molecule has 8 nitrogen and oxygen atoms in total. The highest BCUT2D eigenvalue weighted by Gasteiger charge is 2.24. The fourth-order valence-electron chi connectivity index (χ4n) is 2.24. The number of hydrogen-bond donors (Lipinski definition) is 3. The number of methoxy groups -OCH3 is 1. The summed E-state index contributed by atoms with van der Waals surface area (Å²) < 4.78 is 9.82. The third-order valence-corrected chi connectivity index (χ3v) is 3.65. The molecule has 1 atom stereocenters. The van der Waals surface area contributed by atoms with Gasteiger partial charge in [0.1, 0.15) is 6.61 Å². The molecule has 1 aliphatic heterocycles. The number of nitrogens with one attached hydrogen (secondary N) is 2. The number of carbonyl (C=O) groups is 2. The van der Waals surface area contributed by atoms with E-state index >= 15 is 0 Å². The number of anilines is 2. The van der Waals surface area contributed by atoms with Crippen molar-refractivity contribution in [2.75, 3.05) is 43.6 Å². The second kappa shape index (κ2) is 7.98. The molecule has 0 saturated carbocycles. The van der Waals surface area contributed by atoms with Gasteiger partial charge in [0, 0.05) is 38.1 Å². The second-order valence-electron chi connectivity index (χ2n) is 5.86. The molecule has 1 fully saturated rings. The molecule has 1 aliphatic rings. The lowest BCUT2D eigenvalue weighted by Gasteiger charge is -2.23. The Morgan fingerprint density at radius 3 is 2.96 bits per heavy atom. The molecule has 1 saturated heterocycles. The molecule has 1 heterocycles. The molecule has 3 amide bonds. The van der Waals surface area contributed by atoms with Crippen molar-refractivity contribution in [3.05, 3.63) is 24.3 Å². The van der Waals surface area contributed by atoms with Gasteiger partial charge in [0.25, 0.3) is 0 Å². The zero-order valence-corrected chi connectivity index (χ0v) is 13.9. The van der Waals surface area contributed by atoms with Gasteiger partial charge in [0.05, 0.1) is 12.1 Å². The van der Waals surface area contributed by atoms with Crippen LogP contribution in [0.5, 0.6) is 0 Å². The number of hydrogen-bond acceptors (Lipinski definition) is 5. The van der Waals surface area contributed by atoms with Crippen LogP contribution in [0.4, 0.5) is 21.0 Å². The van der Waals surface area contributed by atoms with E-state index < -0.39 is 17.7 Å². The molecule has 1 aromatic carbocycles. The average Bonchev–Trinajstić information content (AvgIpc) is 2.98. The van der Waals surface area contributed by atoms with Crippen LogP contribution >= 0.6 is 0 Å². The Kier molecular flexibility index (Phi) is 5.99. The smallest absolute Gasteiger partial charge is 0.414 e. The largest absolute Gasteiger partial charge is 0.447 e. The number of ether oxygens (including phenoxy) is 2. The van der Waals surface area contributed by atoms with Crippen molar-refractivity contribution in [2.45, 2.75) is 18.9 Å². The highest BCUT2D eigenvalue weighted by atomic mass is 16.6. The molecule has 3 N–H and O–H groups in total. The number of carbonyl (C=O) groups excluding carboxylic acids is 2. The second-order valence-corrected chi connectivity index (χ2v) is 5.86. The van der Waals surface area contributed by atoms with Crippen LogP contribution in [-0.4, -0.2) is 56.2 Å². The van der Waals surface area contributed by atoms with Gasteiger partial charge < -0.3 is 25.2 Å². The summed E-state index contributed by atoms with van der Waals surface area (Å²) in [5, 5.41) is 15.4. The van der Waals surface area contributed by atoms with Crippen LogP contribution in [0.15, 0.2) is 24.3 Å². The molecule has 0 spiro atoms. The van der Waals surface area contributed by atoms with Gasteiger partial charge in [0.15, 0.2) is 0 Å². The molecule has 1 aromatic rings. The Hall–Kier alpha value is -2.32. The van der Waals surface area contributed by atoms with Crippen LogP contribution in [0.2, 0.25) is 0 Å². The van der Waals surface area contributed by atoms with Gasteiger partial charge in [-0.3, -0.25) is 4.90 Å². The Bertz CT molecular complexity index is 591. The van der Waals surface area contributed by atoms with Crippen molar-refractivity contribution in [3.63, 3.8) is 0 Å². The molecule has 0 aliphatic carbocycles. The van der Waals surface area contributed by atoms with Gasteiger partial charge in [-0.2, -0.15) is 0 Å². The van der Waals surface area contributed by atoms with Crippen LogP contribution < -0.4 is 15.5 Å². The van der Waals surface area contributed by atoms with Crippen molar-refractivity contribution >= 4 is 23.5 Å². The number of nitrogens with zero attached hydrogens (tertiary/aromatic N) is 1. The molecule has 132 valence electrons. The lowest BCUT2D eigenvalue weighted by atomic mass is 10.0. The Morgan fingerprint density at radius 2 is 2.29 bits per heavy atom. The lowest BCUT2D eigenvalue weighted by molar-refractivity contribution is 0.0273. The molecule has 8 heteroatoms. The minimum atomic E-state index is -1.05. The third-order valence-electron chi connectivity index (χ3n) is 3.65. The van der Waals surface area contributed by atoms with Crippen LogP contribution in [0, 0.1) is 0 Å². The first-order chi connectivity index (χ1) is 11.4. The van der Waals surface area contributed by atoms with Crippen molar-refractivity contribution in [1.29, 1.82) is 0 Å². The summed E-state index contributed by atoms with van der Waals surface area (Å²) >= 11 is 0. The summed E-state index contributed by atoms with van der Waals surface area (Å²) in [5.41, 5.74) is 0.151. The van der Waals surface area contributed by atoms with Crippen LogP contribution in [0.3, 0.4) is 0 Å². The van der Waals surface area contributed by atoms with Gasteiger partial charge in [-0.05, 0) is 25.1 Å². The number of benzene rings is 1. The SMILES string of the molecule is COCC[C@](C)(O)CNC(=O)Nc1cccc(N2CCOC2=O)c1.